The summed E-state index contributed by atoms with van der Waals surface area (Å²) in [6.07, 6.45) is 0. The molecular weight excluding hydrogens is 352 g/mol. The molecule has 0 heterocycles. The van der Waals surface area contributed by atoms with Gasteiger partial charge in [0.25, 0.3) is 15.7 Å². The van der Waals surface area contributed by atoms with Crippen LogP contribution in [0.5, 0.6) is 0 Å². The van der Waals surface area contributed by atoms with E-state index in [9.17, 15) is 18.1 Å². The number of hydrogen-bond donors (Lipinski definition) is 2. The molecular formula is C19H15N2O4S+. The molecule has 0 fully saturated rings. The van der Waals surface area contributed by atoms with Crippen LogP contribution in [0.2, 0.25) is 0 Å². The second-order valence-electron chi connectivity index (χ2n) is 5.47. The van der Waals surface area contributed by atoms with Crippen molar-refractivity contribution in [1.82, 2.24) is 0 Å². The van der Waals surface area contributed by atoms with E-state index in [1.165, 1.54) is 30.3 Å². The van der Waals surface area contributed by atoms with Crippen molar-refractivity contribution in [2.24, 2.45) is 0 Å². The molecule has 7 heteroatoms. The Morgan fingerprint density at radius 3 is 2.08 bits per heavy atom. The minimum Gasteiger partial charge on any atom is -0.289 e. The molecule has 6 nitrogen and oxygen atoms in total. The number of sulfonamides is 1. The Balaban J connectivity index is 1.95. The fourth-order valence-corrected chi connectivity index (χ4v) is 3.50. The number of para-hydroxylation sites is 1. The monoisotopic (exact) mass is 367 g/mol. The molecule has 130 valence electrons. The molecule has 0 spiro atoms. The average Bonchev–Trinajstić information content (AvgIpc) is 2.68. The molecule has 0 aliphatic rings. The van der Waals surface area contributed by atoms with Crippen LogP contribution in [0.25, 0.3) is 0 Å². The minimum atomic E-state index is -3.91. The normalized spacial score (nSPS) is 10.9. The molecule has 0 aromatic heterocycles. The smallest absolute Gasteiger partial charge is 0.261 e. The van der Waals surface area contributed by atoms with Gasteiger partial charge in [-0.15, -0.1) is 0 Å². The van der Waals surface area contributed by atoms with Gasteiger partial charge in [0, 0.05) is 33.3 Å². The first-order valence-corrected chi connectivity index (χ1v) is 9.19. The third-order valence-electron chi connectivity index (χ3n) is 3.73. The van der Waals surface area contributed by atoms with Crippen molar-refractivity contribution in [1.29, 1.82) is 0 Å². The van der Waals surface area contributed by atoms with Gasteiger partial charge in [0.2, 0.25) is 0 Å². The zero-order valence-electron chi connectivity index (χ0n) is 13.5. The summed E-state index contributed by atoms with van der Waals surface area (Å²) in [7, 11) is -3.91. The van der Waals surface area contributed by atoms with Crippen LogP contribution in [0.4, 0.5) is 11.4 Å². The first kappa shape index (κ1) is 17.5. The van der Waals surface area contributed by atoms with Gasteiger partial charge < -0.3 is 0 Å². The van der Waals surface area contributed by atoms with Crippen molar-refractivity contribution in [2.45, 2.75) is 4.90 Å². The predicted octanol–water partition coefficient (Wildman–Crippen LogP) is 2.20. The standard InChI is InChI=1S/C19H14N2O4S/c22-19(14-6-2-1-3-7-14)17-8-4-5-9-18(17)21-26(24,25)16-12-10-15(20-23)11-13-16/h1-13,21H/p+1. The molecule has 0 saturated carbocycles. The van der Waals surface area contributed by atoms with Crippen LogP contribution in [0.1, 0.15) is 15.9 Å². The molecule has 3 rings (SSSR count). The molecule has 0 aliphatic heterocycles. The number of anilines is 1. The number of nitroso groups, excluding NO2 is 1. The van der Waals surface area contributed by atoms with Crippen molar-refractivity contribution in [3.63, 3.8) is 0 Å². The molecule has 0 bridgehead atoms. The summed E-state index contributed by atoms with van der Waals surface area (Å²) in [5.41, 5.74) is 1.15. The van der Waals surface area contributed by atoms with Gasteiger partial charge in [-0.1, -0.05) is 42.5 Å². The van der Waals surface area contributed by atoms with Crippen LogP contribution < -0.4 is 9.90 Å². The van der Waals surface area contributed by atoms with Gasteiger partial charge in [-0.2, -0.15) is 0 Å². The van der Waals surface area contributed by atoms with E-state index in [1.54, 1.807) is 53.7 Å². The first-order chi connectivity index (χ1) is 12.5. The number of benzene rings is 3. The Kier molecular flexibility index (Phi) is 4.90. The average molecular weight is 367 g/mol. The Labute approximate surface area is 150 Å². The minimum absolute atomic E-state index is 0.0153. The van der Waals surface area contributed by atoms with E-state index < -0.39 is 10.0 Å². The predicted molar refractivity (Wildman–Crippen MR) is 97.6 cm³/mol. The van der Waals surface area contributed by atoms with Gasteiger partial charge >= 0.3 is 0 Å². The second-order valence-corrected chi connectivity index (χ2v) is 7.16. The quantitative estimate of drug-likeness (QED) is 0.653. The van der Waals surface area contributed by atoms with Crippen LogP contribution in [0.15, 0.2) is 83.8 Å². The lowest BCUT2D eigenvalue weighted by molar-refractivity contribution is -0.379. The summed E-state index contributed by atoms with van der Waals surface area (Å²) in [6.45, 7) is 0. The molecule has 0 saturated heterocycles. The van der Waals surface area contributed by atoms with Crippen LogP contribution >= 0.6 is 0 Å². The van der Waals surface area contributed by atoms with Crippen LogP contribution in [-0.2, 0) is 10.0 Å². The fourth-order valence-electron chi connectivity index (χ4n) is 2.42. The van der Waals surface area contributed by atoms with Crippen molar-refractivity contribution >= 4 is 27.2 Å². The zero-order chi connectivity index (χ0) is 18.6. The van der Waals surface area contributed by atoms with Crippen molar-refractivity contribution in [3.05, 3.63) is 94.9 Å². The van der Waals surface area contributed by atoms with E-state index in [-0.39, 0.29) is 27.6 Å². The van der Waals surface area contributed by atoms with E-state index in [0.717, 1.165) is 0 Å². The maximum atomic E-state index is 12.7. The number of hydrogen-bond acceptors (Lipinski definition) is 4. The van der Waals surface area contributed by atoms with Gasteiger partial charge in [0.15, 0.2) is 5.78 Å². The van der Waals surface area contributed by atoms with Gasteiger partial charge in [-0.05, 0) is 24.3 Å². The second kappa shape index (κ2) is 7.28. The zero-order valence-corrected chi connectivity index (χ0v) is 14.4. The highest BCUT2D eigenvalue weighted by Gasteiger charge is 2.19. The molecule has 0 atom stereocenters. The van der Waals surface area contributed by atoms with E-state index in [2.05, 4.69) is 4.72 Å². The number of carbonyl (C=O) groups excluding carboxylic acids is 1. The summed E-state index contributed by atoms with van der Waals surface area (Å²) in [4.78, 5) is 23.3. The Morgan fingerprint density at radius 2 is 1.42 bits per heavy atom. The highest BCUT2D eigenvalue weighted by molar-refractivity contribution is 7.92. The number of nitrogens with one attached hydrogen (secondary N) is 2. The maximum Gasteiger partial charge on any atom is 0.261 e. The van der Waals surface area contributed by atoms with E-state index in [1.807, 2.05) is 0 Å². The lowest BCUT2D eigenvalue weighted by Crippen LogP contribution is -2.55. The van der Waals surface area contributed by atoms with Crippen molar-refractivity contribution in [3.8, 4) is 0 Å². The summed E-state index contributed by atoms with van der Waals surface area (Å²) in [6, 6.07) is 20.4. The van der Waals surface area contributed by atoms with Gasteiger partial charge in [-0.25, -0.2) is 8.42 Å². The fraction of sp³-hybridized carbons (Fsp3) is 0. The third kappa shape index (κ3) is 3.68. The lowest BCUT2D eigenvalue weighted by Gasteiger charge is -2.12. The highest BCUT2D eigenvalue weighted by Crippen LogP contribution is 2.23. The topological polar surface area (TPSA) is 94.3 Å². The molecule has 3 aromatic rings. The molecule has 26 heavy (non-hydrogen) atoms. The molecule has 2 N–H and O–H groups in total. The van der Waals surface area contributed by atoms with E-state index >= 15 is 0 Å². The third-order valence-corrected chi connectivity index (χ3v) is 5.12. The van der Waals surface area contributed by atoms with Crippen LogP contribution in [0.3, 0.4) is 0 Å². The summed E-state index contributed by atoms with van der Waals surface area (Å²) < 4.78 is 27.6. The Bertz CT molecular complexity index is 1050. The molecule has 3 aromatic carbocycles. The van der Waals surface area contributed by atoms with E-state index in [0.29, 0.717) is 5.56 Å². The Hall–Kier alpha value is -3.32. The van der Waals surface area contributed by atoms with E-state index in [4.69, 9.17) is 0 Å². The first-order valence-electron chi connectivity index (χ1n) is 7.71. The highest BCUT2D eigenvalue weighted by atomic mass is 32.2. The summed E-state index contributed by atoms with van der Waals surface area (Å²) in [5.74, 6) is -0.283. The van der Waals surface area contributed by atoms with Crippen molar-refractivity contribution < 1.29 is 18.4 Å². The number of rotatable bonds is 6. The molecule has 0 aliphatic carbocycles. The molecule has 0 radical (unpaired) electrons. The maximum absolute atomic E-state index is 12.7. The largest absolute Gasteiger partial charge is 0.289 e. The Morgan fingerprint density at radius 1 is 0.808 bits per heavy atom. The SMILES string of the molecule is O=[NH+]c1ccc(S(=O)(=O)Nc2ccccc2C(=O)c2ccccc2)cc1. The van der Waals surface area contributed by atoms with Gasteiger partial charge in [0.1, 0.15) is 0 Å². The lowest BCUT2D eigenvalue weighted by atomic mass is 10.0. The molecule has 0 unspecified atom stereocenters. The van der Waals surface area contributed by atoms with Crippen LogP contribution in [-0.4, -0.2) is 14.2 Å². The van der Waals surface area contributed by atoms with Crippen LogP contribution in [0, 0.1) is 4.91 Å². The summed E-state index contributed by atoms with van der Waals surface area (Å²) in [5, 5.41) is 1.69. The number of carbonyl (C=O) groups is 1. The number of ketones is 1. The van der Waals surface area contributed by atoms with Gasteiger partial charge in [0.05, 0.1) is 10.6 Å². The van der Waals surface area contributed by atoms with Crippen molar-refractivity contribution in [2.75, 3.05) is 4.72 Å². The van der Waals surface area contributed by atoms with Gasteiger partial charge in [-0.3, -0.25) is 9.52 Å². The molecule has 0 amide bonds. The summed E-state index contributed by atoms with van der Waals surface area (Å²) >= 11 is 0.